The smallest absolute Gasteiger partial charge is 0.234 e. The molecule has 1 aromatic carbocycles. The summed E-state index contributed by atoms with van der Waals surface area (Å²) in [6, 6.07) is 8.39. The molecule has 0 radical (unpaired) electrons. The van der Waals surface area contributed by atoms with E-state index in [1.54, 1.807) is 0 Å². The van der Waals surface area contributed by atoms with Gasteiger partial charge in [0.25, 0.3) is 0 Å². The lowest BCUT2D eigenvalue weighted by Gasteiger charge is -2.31. The zero-order chi connectivity index (χ0) is 16.7. The molecule has 0 aromatic heterocycles. The minimum absolute atomic E-state index is 0. The molecule has 1 aromatic rings. The van der Waals surface area contributed by atoms with Crippen molar-refractivity contribution in [1.82, 2.24) is 15.5 Å². The number of carbonyl (C=O) groups excluding carboxylic acids is 1. The van der Waals surface area contributed by atoms with Crippen molar-refractivity contribution in [3.63, 3.8) is 0 Å². The van der Waals surface area contributed by atoms with Crippen LogP contribution in [-0.2, 0) is 11.3 Å². The topological polar surface area (TPSA) is 53.6 Å². The van der Waals surface area contributed by atoms with Crippen LogP contribution in [0.5, 0.6) is 5.75 Å². The van der Waals surface area contributed by atoms with Crippen molar-refractivity contribution >= 4 is 18.3 Å². The van der Waals surface area contributed by atoms with Crippen molar-refractivity contribution in [1.29, 1.82) is 0 Å². The van der Waals surface area contributed by atoms with Crippen molar-refractivity contribution in [2.45, 2.75) is 45.4 Å². The van der Waals surface area contributed by atoms with E-state index >= 15 is 0 Å². The summed E-state index contributed by atoms with van der Waals surface area (Å²) in [6.07, 6.45) is 2.49. The Morgan fingerprint density at radius 3 is 2.92 bits per heavy atom. The van der Waals surface area contributed by atoms with Gasteiger partial charge in [-0.25, -0.2) is 0 Å². The monoisotopic (exact) mass is 355 g/mol. The number of benzene rings is 1. The molecule has 0 saturated carbocycles. The summed E-state index contributed by atoms with van der Waals surface area (Å²) in [6.45, 7) is 6.97. The van der Waals surface area contributed by atoms with Crippen LogP contribution in [0, 0.1) is 0 Å². The van der Waals surface area contributed by atoms with Crippen LogP contribution in [0.2, 0.25) is 0 Å². The highest BCUT2D eigenvalue weighted by atomic mass is 35.5. The SMILES string of the molecule is CNC1CCCN(CC(=O)NCc2cccc(OC(C)C)c2)C1.Cl. The number of carbonyl (C=O) groups is 1. The maximum atomic E-state index is 12.1. The fourth-order valence-corrected chi connectivity index (χ4v) is 2.90. The van der Waals surface area contributed by atoms with Gasteiger partial charge >= 0.3 is 0 Å². The van der Waals surface area contributed by atoms with Crippen LogP contribution in [0.1, 0.15) is 32.3 Å². The molecule has 1 unspecified atom stereocenters. The molecule has 0 spiro atoms. The summed E-state index contributed by atoms with van der Waals surface area (Å²) in [5, 5.41) is 6.30. The summed E-state index contributed by atoms with van der Waals surface area (Å²) in [4.78, 5) is 14.4. The number of halogens is 1. The van der Waals surface area contributed by atoms with Crippen LogP contribution in [-0.4, -0.2) is 49.6 Å². The van der Waals surface area contributed by atoms with Crippen LogP contribution in [0.25, 0.3) is 0 Å². The first-order valence-electron chi connectivity index (χ1n) is 8.48. The summed E-state index contributed by atoms with van der Waals surface area (Å²) in [7, 11) is 1.99. The van der Waals surface area contributed by atoms with E-state index in [-0.39, 0.29) is 24.4 Å². The molecule has 1 fully saturated rings. The number of likely N-dealkylation sites (tertiary alicyclic amines) is 1. The number of hydrogen-bond acceptors (Lipinski definition) is 4. The number of amides is 1. The summed E-state index contributed by atoms with van der Waals surface area (Å²) < 4.78 is 5.68. The fourth-order valence-electron chi connectivity index (χ4n) is 2.90. The van der Waals surface area contributed by atoms with E-state index in [2.05, 4.69) is 15.5 Å². The molecule has 136 valence electrons. The predicted molar refractivity (Wildman–Crippen MR) is 99.8 cm³/mol. The maximum Gasteiger partial charge on any atom is 0.234 e. The van der Waals surface area contributed by atoms with Gasteiger partial charge in [-0.2, -0.15) is 0 Å². The maximum absolute atomic E-state index is 12.1. The zero-order valence-electron chi connectivity index (χ0n) is 14.9. The molecule has 1 aliphatic rings. The van der Waals surface area contributed by atoms with Gasteiger partial charge in [0.15, 0.2) is 0 Å². The Hall–Kier alpha value is -1.30. The third kappa shape index (κ3) is 7.07. The van der Waals surface area contributed by atoms with Crippen molar-refractivity contribution in [2.24, 2.45) is 0 Å². The van der Waals surface area contributed by atoms with Crippen LogP contribution >= 0.6 is 12.4 Å². The molecule has 1 saturated heterocycles. The number of hydrogen-bond donors (Lipinski definition) is 2. The minimum Gasteiger partial charge on any atom is -0.491 e. The number of ether oxygens (including phenoxy) is 1. The van der Waals surface area contributed by atoms with E-state index in [1.165, 1.54) is 6.42 Å². The van der Waals surface area contributed by atoms with Gasteiger partial charge < -0.3 is 15.4 Å². The number of rotatable bonds is 7. The Morgan fingerprint density at radius 1 is 1.42 bits per heavy atom. The van der Waals surface area contributed by atoms with Crippen molar-refractivity contribution in [3.05, 3.63) is 29.8 Å². The minimum atomic E-state index is 0. The first-order valence-corrected chi connectivity index (χ1v) is 8.48. The Bertz CT molecular complexity index is 511. The quantitative estimate of drug-likeness (QED) is 0.787. The molecule has 1 amide bonds. The molecule has 1 aliphatic heterocycles. The predicted octanol–water partition coefficient (Wildman–Crippen LogP) is 2.20. The Kier molecular flexibility index (Phi) is 9.11. The van der Waals surface area contributed by atoms with E-state index < -0.39 is 0 Å². The van der Waals surface area contributed by atoms with E-state index in [1.807, 2.05) is 45.2 Å². The molecular formula is C18H30ClN3O2. The van der Waals surface area contributed by atoms with Gasteiger partial charge in [0, 0.05) is 19.1 Å². The highest BCUT2D eigenvalue weighted by Gasteiger charge is 2.20. The van der Waals surface area contributed by atoms with Gasteiger partial charge in [0.1, 0.15) is 5.75 Å². The summed E-state index contributed by atoms with van der Waals surface area (Å²) in [5.74, 6) is 0.927. The van der Waals surface area contributed by atoms with E-state index in [9.17, 15) is 4.79 Å². The number of nitrogens with one attached hydrogen (secondary N) is 2. The van der Waals surface area contributed by atoms with Crippen molar-refractivity contribution in [3.8, 4) is 5.75 Å². The molecule has 1 heterocycles. The summed E-state index contributed by atoms with van der Waals surface area (Å²) in [5.41, 5.74) is 1.06. The van der Waals surface area contributed by atoms with Crippen LogP contribution in [0.15, 0.2) is 24.3 Å². The highest BCUT2D eigenvalue weighted by molar-refractivity contribution is 5.85. The molecule has 0 aliphatic carbocycles. The lowest BCUT2D eigenvalue weighted by Crippen LogP contribution is -2.47. The van der Waals surface area contributed by atoms with Crippen molar-refractivity contribution in [2.75, 3.05) is 26.7 Å². The highest BCUT2D eigenvalue weighted by Crippen LogP contribution is 2.15. The average molecular weight is 356 g/mol. The molecule has 0 bridgehead atoms. The zero-order valence-corrected chi connectivity index (χ0v) is 15.7. The standard InChI is InChI=1S/C18H29N3O2.ClH/c1-14(2)23-17-8-4-6-15(10-17)11-20-18(22)13-21-9-5-7-16(12-21)19-3;/h4,6,8,10,14,16,19H,5,7,9,11-13H2,1-3H3,(H,20,22);1H. The molecule has 24 heavy (non-hydrogen) atoms. The fraction of sp³-hybridized carbons (Fsp3) is 0.611. The largest absolute Gasteiger partial charge is 0.491 e. The number of piperidine rings is 1. The van der Waals surface area contributed by atoms with Gasteiger partial charge in [-0.05, 0) is 58.0 Å². The second-order valence-electron chi connectivity index (χ2n) is 6.45. The molecule has 2 rings (SSSR count). The molecule has 2 N–H and O–H groups in total. The van der Waals surface area contributed by atoms with Gasteiger partial charge in [-0.15, -0.1) is 12.4 Å². The Morgan fingerprint density at radius 2 is 2.21 bits per heavy atom. The van der Waals surface area contributed by atoms with E-state index in [0.717, 1.165) is 30.8 Å². The lowest BCUT2D eigenvalue weighted by molar-refractivity contribution is -0.122. The molecule has 6 heteroatoms. The summed E-state index contributed by atoms with van der Waals surface area (Å²) >= 11 is 0. The number of nitrogens with zero attached hydrogens (tertiary/aromatic N) is 1. The normalized spacial score (nSPS) is 18.1. The van der Waals surface area contributed by atoms with Gasteiger partial charge in [-0.1, -0.05) is 12.1 Å². The van der Waals surface area contributed by atoms with Gasteiger partial charge in [0.05, 0.1) is 12.6 Å². The average Bonchev–Trinajstić information content (AvgIpc) is 2.53. The third-order valence-corrected chi connectivity index (χ3v) is 4.04. The first-order chi connectivity index (χ1) is 11.1. The van der Waals surface area contributed by atoms with E-state index in [4.69, 9.17) is 4.74 Å². The Labute approximate surface area is 151 Å². The molecular weight excluding hydrogens is 326 g/mol. The molecule has 1 atom stereocenters. The molecule has 5 nitrogen and oxygen atoms in total. The van der Waals surface area contributed by atoms with Gasteiger partial charge in [0.2, 0.25) is 5.91 Å². The first kappa shape index (κ1) is 20.7. The Balaban J connectivity index is 0.00000288. The van der Waals surface area contributed by atoms with Gasteiger partial charge in [-0.3, -0.25) is 9.69 Å². The van der Waals surface area contributed by atoms with E-state index in [0.29, 0.717) is 19.1 Å². The number of likely N-dealkylation sites (N-methyl/N-ethyl adjacent to an activating group) is 1. The second kappa shape index (κ2) is 10.5. The van der Waals surface area contributed by atoms with Crippen LogP contribution in [0.4, 0.5) is 0 Å². The van der Waals surface area contributed by atoms with Crippen LogP contribution in [0.3, 0.4) is 0 Å². The lowest BCUT2D eigenvalue weighted by atomic mass is 10.1. The third-order valence-electron chi connectivity index (χ3n) is 4.04. The van der Waals surface area contributed by atoms with Crippen molar-refractivity contribution < 1.29 is 9.53 Å². The second-order valence-corrected chi connectivity index (χ2v) is 6.45. The van der Waals surface area contributed by atoms with Crippen LogP contribution < -0.4 is 15.4 Å².